The van der Waals surface area contributed by atoms with Crippen LogP contribution >= 0.6 is 0 Å². The van der Waals surface area contributed by atoms with E-state index >= 15 is 0 Å². The number of benzene rings is 1. The largest absolute Gasteiger partial charge is 0.461 e. The van der Waals surface area contributed by atoms with E-state index in [1.807, 2.05) is 62.4 Å². The van der Waals surface area contributed by atoms with Gasteiger partial charge in [-0.2, -0.15) is 0 Å². The maximum Gasteiger partial charge on any atom is 0.369 e. The molecule has 3 rings (SSSR count). The third kappa shape index (κ3) is 2.80. The standard InChI is InChI=1S/C21H29N3O4/c1-7-28-20(27)21(12(2)3)16-15(18(25)24(6)19(16)26)17(22-21)13-8-10-14(11-9-13)23(4)5/h8-12,15-17,22H,7H2,1-6H3/p+1/t15-,16-,17-,21+/m0/s1. The second-order valence-electron chi connectivity index (χ2n) is 8.23. The number of esters is 1. The minimum absolute atomic E-state index is 0.173. The van der Waals surface area contributed by atoms with Crippen molar-refractivity contribution in [2.24, 2.45) is 17.8 Å². The van der Waals surface area contributed by atoms with E-state index in [9.17, 15) is 14.4 Å². The topological polar surface area (TPSA) is 83.5 Å². The summed E-state index contributed by atoms with van der Waals surface area (Å²) >= 11 is 0. The van der Waals surface area contributed by atoms with Gasteiger partial charge in [0.05, 0.1) is 6.61 Å². The first-order valence-electron chi connectivity index (χ1n) is 9.78. The molecule has 2 amide bonds. The predicted molar refractivity (Wildman–Crippen MR) is 104 cm³/mol. The number of ether oxygens (including phenoxy) is 1. The van der Waals surface area contributed by atoms with Crippen LogP contribution in [-0.2, 0) is 19.1 Å². The average Bonchev–Trinajstić information content (AvgIpc) is 3.13. The summed E-state index contributed by atoms with van der Waals surface area (Å²) in [5, 5.41) is 1.92. The number of nitrogens with zero attached hydrogens (tertiary/aromatic N) is 2. The lowest BCUT2D eigenvalue weighted by molar-refractivity contribution is -0.740. The number of carbonyl (C=O) groups excluding carboxylic acids is 3. The van der Waals surface area contributed by atoms with E-state index in [-0.39, 0.29) is 30.4 Å². The number of hydrogen-bond acceptors (Lipinski definition) is 5. The van der Waals surface area contributed by atoms with Crippen molar-refractivity contribution in [3.63, 3.8) is 0 Å². The van der Waals surface area contributed by atoms with Gasteiger partial charge in [0.1, 0.15) is 17.9 Å². The van der Waals surface area contributed by atoms with Crippen LogP contribution in [-0.4, -0.2) is 56.0 Å². The van der Waals surface area contributed by atoms with Crippen LogP contribution in [0.5, 0.6) is 0 Å². The molecule has 0 saturated carbocycles. The molecule has 0 aliphatic carbocycles. The Balaban J connectivity index is 2.11. The Bertz CT molecular complexity index is 789. The van der Waals surface area contributed by atoms with E-state index in [4.69, 9.17) is 4.74 Å². The number of rotatable bonds is 5. The van der Waals surface area contributed by atoms with Gasteiger partial charge in [-0.3, -0.25) is 14.5 Å². The molecule has 152 valence electrons. The quantitative estimate of drug-likeness (QED) is 0.589. The first-order chi connectivity index (χ1) is 13.2. The van der Waals surface area contributed by atoms with Gasteiger partial charge >= 0.3 is 5.97 Å². The third-order valence-electron chi connectivity index (χ3n) is 6.31. The van der Waals surface area contributed by atoms with Gasteiger partial charge in [0.2, 0.25) is 17.4 Å². The van der Waals surface area contributed by atoms with Crippen molar-refractivity contribution >= 4 is 23.5 Å². The molecule has 7 nitrogen and oxygen atoms in total. The van der Waals surface area contributed by atoms with E-state index in [1.165, 1.54) is 11.9 Å². The molecule has 28 heavy (non-hydrogen) atoms. The smallest absolute Gasteiger partial charge is 0.369 e. The number of nitrogens with two attached hydrogens (primary N) is 1. The summed E-state index contributed by atoms with van der Waals surface area (Å²) in [5.41, 5.74) is 0.872. The van der Waals surface area contributed by atoms with Crippen molar-refractivity contribution in [3.8, 4) is 0 Å². The van der Waals surface area contributed by atoms with Gasteiger partial charge in [0.25, 0.3) is 0 Å². The minimum atomic E-state index is -1.11. The number of amides is 2. The van der Waals surface area contributed by atoms with Gasteiger partial charge in [-0.25, -0.2) is 4.79 Å². The van der Waals surface area contributed by atoms with Crippen molar-refractivity contribution in [3.05, 3.63) is 29.8 Å². The van der Waals surface area contributed by atoms with Crippen LogP contribution in [0.1, 0.15) is 32.4 Å². The Hall–Kier alpha value is -2.41. The molecule has 0 bridgehead atoms. The molecule has 7 heteroatoms. The third-order valence-corrected chi connectivity index (χ3v) is 6.31. The Morgan fingerprint density at radius 2 is 1.82 bits per heavy atom. The summed E-state index contributed by atoms with van der Waals surface area (Å²) in [7, 11) is 5.43. The zero-order valence-corrected chi connectivity index (χ0v) is 17.4. The van der Waals surface area contributed by atoms with Crippen molar-refractivity contribution < 1.29 is 24.4 Å². The van der Waals surface area contributed by atoms with Crippen molar-refractivity contribution in [1.29, 1.82) is 0 Å². The molecule has 0 unspecified atom stereocenters. The molecular formula is C21H30N3O4+. The van der Waals surface area contributed by atoms with Gasteiger partial charge < -0.3 is 15.0 Å². The summed E-state index contributed by atoms with van der Waals surface area (Å²) < 4.78 is 5.39. The first kappa shape index (κ1) is 20.3. The highest BCUT2D eigenvalue weighted by Gasteiger charge is 2.73. The van der Waals surface area contributed by atoms with Crippen LogP contribution < -0.4 is 10.2 Å². The fourth-order valence-corrected chi connectivity index (χ4v) is 4.74. The molecule has 1 aromatic carbocycles. The number of carbonyl (C=O) groups is 3. The number of quaternary nitrogens is 1. The lowest BCUT2D eigenvalue weighted by Crippen LogP contribution is -2.99. The number of imide groups is 1. The van der Waals surface area contributed by atoms with Crippen LogP contribution in [0.3, 0.4) is 0 Å². The second kappa shape index (κ2) is 7.20. The zero-order chi connectivity index (χ0) is 20.8. The van der Waals surface area contributed by atoms with Crippen LogP contribution in [0.25, 0.3) is 0 Å². The molecule has 2 N–H and O–H groups in total. The summed E-state index contributed by atoms with van der Waals surface area (Å²) in [4.78, 5) is 42.3. The zero-order valence-electron chi connectivity index (χ0n) is 17.4. The molecule has 4 atom stereocenters. The van der Waals surface area contributed by atoms with E-state index in [0.717, 1.165) is 11.3 Å². The van der Waals surface area contributed by atoms with E-state index in [2.05, 4.69) is 0 Å². The van der Waals surface area contributed by atoms with Gasteiger partial charge in [0.15, 0.2) is 0 Å². The van der Waals surface area contributed by atoms with Crippen molar-refractivity contribution in [2.45, 2.75) is 32.4 Å². The van der Waals surface area contributed by atoms with Gasteiger partial charge in [-0.05, 0) is 19.1 Å². The average molecular weight is 388 g/mol. The lowest BCUT2D eigenvalue weighted by atomic mass is 9.73. The fourth-order valence-electron chi connectivity index (χ4n) is 4.74. The molecular weight excluding hydrogens is 358 g/mol. The van der Waals surface area contributed by atoms with E-state index < -0.39 is 23.3 Å². The second-order valence-corrected chi connectivity index (χ2v) is 8.23. The number of hydrogen-bond donors (Lipinski definition) is 1. The van der Waals surface area contributed by atoms with Crippen molar-refractivity contribution in [1.82, 2.24) is 4.90 Å². The molecule has 2 saturated heterocycles. The molecule has 2 aliphatic heterocycles. The van der Waals surface area contributed by atoms with Crippen LogP contribution in [0.15, 0.2) is 24.3 Å². The van der Waals surface area contributed by atoms with Crippen LogP contribution in [0.4, 0.5) is 5.69 Å². The molecule has 2 fully saturated rings. The highest BCUT2D eigenvalue weighted by atomic mass is 16.5. The molecule has 2 heterocycles. The predicted octanol–water partition coefficient (Wildman–Crippen LogP) is 0.560. The normalized spacial score (nSPS) is 29.4. The Morgan fingerprint density at radius 3 is 2.32 bits per heavy atom. The number of anilines is 1. The van der Waals surface area contributed by atoms with E-state index in [0.29, 0.717) is 0 Å². The van der Waals surface area contributed by atoms with Gasteiger partial charge in [-0.15, -0.1) is 0 Å². The monoisotopic (exact) mass is 388 g/mol. The fraction of sp³-hybridized carbons (Fsp3) is 0.571. The van der Waals surface area contributed by atoms with Gasteiger partial charge in [0, 0.05) is 38.3 Å². The molecule has 0 aromatic heterocycles. The van der Waals surface area contributed by atoms with Crippen LogP contribution in [0, 0.1) is 17.8 Å². The molecule has 0 radical (unpaired) electrons. The summed E-state index contributed by atoms with van der Waals surface area (Å²) in [5.74, 6) is -2.39. The highest BCUT2D eigenvalue weighted by molar-refractivity contribution is 6.08. The summed E-state index contributed by atoms with van der Waals surface area (Å²) in [6, 6.07) is 7.62. The SMILES string of the molecule is CCOC(=O)[C@]1(C(C)C)[NH2+][C@@H](c2ccc(N(C)C)cc2)[C@H]2C(=O)N(C)C(=O)[C@H]21. The van der Waals surface area contributed by atoms with Crippen molar-refractivity contribution in [2.75, 3.05) is 32.6 Å². The molecule has 2 aliphatic rings. The highest BCUT2D eigenvalue weighted by Crippen LogP contribution is 2.46. The first-order valence-corrected chi connectivity index (χ1v) is 9.78. The molecule has 0 spiro atoms. The Kier molecular flexibility index (Phi) is 5.23. The van der Waals surface area contributed by atoms with Gasteiger partial charge in [-0.1, -0.05) is 26.0 Å². The Labute approximate surface area is 166 Å². The lowest BCUT2D eigenvalue weighted by Gasteiger charge is -2.32. The Morgan fingerprint density at radius 1 is 1.21 bits per heavy atom. The molecule has 1 aromatic rings. The maximum absolute atomic E-state index is 13.1. The number of likely N-dealkylation sites (tertiary alicyclic amines) is 1. The summed E-state index contributed by atoms with van der Waals surface area (Å²) in [6.07, 6.45) is 0. The number of fused-ring (bicyclic) bond motifs is 1. The van der Waals surface area contributed by atoms with Crippen LogP contribution in [0.2, 0.25) is 0 Å². The summed E-state index contributed by atoms with van der Waals surface area (Å²) in [6.45, 7) is 5.82. The van der Waals surface area contributed by atoms with E-state index in [1.54, 1.807) is 6.92 Å². The maximum atomic E-state index is 13.1. The minimum Gasteiger partial charge on any atom is -0.461 e.